The minimum absolute atomic E-state index is 0.730. The van der Waals surface area contributed by atoms with Gasteiger partial charge in [0, 0.05) is 19.6 Å². The standard InChI is InChI=1S/C19H33N/c1-7-17-9-10-19(18(8-2)11-17)14-20(12-15(3)4)13-16(5)6/h9-11,15-16H,7-8,12-14H2,1-6H3. The van der Waals surface area contributed by atoms with Crippen molar-refractivity contribution >= 4 is 0 Å². The van der Waals surface area contributed by atoms with Crippen molar-refractivity contribution in [2.75, 3.05) is 13.1 Å². The van der Waals surface area contributed by atoms with Gasteiger partial charge in [-0.3, -0.25) is 4.90 Å². The van der Waals surface area contributed by atoms with Crippen molar-refractivity contribution in [2.24, 2.45) is 11.8 Å². The predicted octanol–water partition coefficient (Wildman–Crippen LogP) is 4.93. The van der Waals surface area contributed by atoms with Gasteiger partial charge in [-0.1, -0.05) is 59.7 Å². The second kappa shape index (κ2) is 8.46. The van der Waals surface area contributed by atoms with Crippen LogP contribution in [0.25, 0.3) is 0 Å². The Hall–Kier alpha value is -0.820. The fourth-order valence-corrected chi connectivity index (χ4v) is 2.86. The lowest BCUT2D eigenvalue weighted by Crippen LogP contribution is -2.31. The van der Waals surface area contributed by atoms with E-state index in [0.717, 1.165) is 31.2 Å². The van der Waals surface area contributed by atoms with Gasteiger partial charge < -0.3 is 0 Å². The van der Waals surface area contributed by atoms with Gasteiger partial charge in [-0.25, -0.2) is 0 Å². The SMILES string of the molecule is CCc1ccc(CN(CC(C)C)CC(C)C)c(CC)c1. The van der Waals surface area contributed by atoms with Gasteiger partial charge in [0.05, 0.1) is 0 Å². The first-order valence-electron chi connectivity index (χ1n) is 8.29. The molecule has 20 heavy (non-hydrogen) atoms. The Morgan fingerprint density at radius 1 is 0.850 bits per heavy atom. The zero-order valence-corrected chi connectivity index (χ0v) is 14.4. The van der Waals surface area contributed by atoms with E-state index < -0.39 is 0 Å². The minimum Gasteiger partial charge on any atom is -0.299 e. The molecule has 0 radical (unpaired) electrons. The second-order valence-electron chi connectivity index (χ2n) is 6.79. The molecule has 1 heteroatoms. The Balaban J connectivity index is 2.86. The van der Waals surface area contributed by atoms with E-state index in [2.05, 4.69) is 64.6 Å². The van der Waals surface area contributed by atoms with Crippen LogP contribution in [0.3, 0.4) is 0 Å². The van der Waals surface area contributed by atoms with Gasteiger partial charge in [0.15, 0.2) is 0 Å². The maximum atomic E-state index is 2.62. The monoisotopic (exact) mass is 275 g/mol. The molecule has 0 spiro atoms. The van der Waals surface area contributed by atoms with E-state index in [1.807, 2.05) is 0 Å². The summed E-state index contributed by atoms with van der Waals surface area (Å²) in [6, 6.07) is 7.06. The van der Waals surface area contributed by atoms with Crippen molar-refractivity contribution in [3.63, 3.8) is 0 Å². The van der Waals surface area contributed by atoms with Crippen LogP contribution in [0.15, 0.2) is 18.2 Å². The molecule has 0 saturated carbocycles. The molecule has 0 saturated heterocycles. The molecule has 114 valence electrons. The first-order chi connectivity index (χ1) is 9.46. The number of rotatable bonds is 8. The molecular formula is C19H33N. The number of benzene rings is 1. The van der Waals surface area contributed by atoms with Crippen molar-refractivity contribution in [1.29, 1.82) is 0 Å². The van der Waals surface area contributed by atoms with E-state index in [4.69, 9.17) is 0 Å². The molecule has 0 N–H and O–H groups in total. The Kier molecular flexibility index (Phi) is 7.29. The minimum atomic E-state index is 0.730. The van der Waals surface area contributed by atoms with Crippen molar-refractivity contribution in [2.45, 2.75) is 60.9 Å². The summed E-state index contributed by atoms with van der Waals surface area (Å²) < 4.78 is 0. The van der Waals surface area contributed by atoms with Gasteiger partial charge in [-0.15, -0.1) is 0 Å². The Morgan fingerprint density at radius 3 is 1.90 bits per heavy atom. The van der Waals surface area contributed by atoms with Crippen molar-refractivity contribution in [3.8, 4) is 0 Å². The highest BCUT2D eigenvalue weighted by Gasteiger charge is 2.12. The zero-order valence-electron chi connectivity index (χ0n) is 14.4. The Labute approximate surface area is 126 Å². The maximum absolute atomic E-state index is 2.62. The molecule has 1 rings (SSSR count). The van der Waals surface area contributed by atoms with Crippen molar-refractivity contribution in [1.82, 2.24) is 4.90 Å². The van der Waals surface area contributed by atoms with Gasteiger partial charge in [0.25, 0.3) is 0 Å². The summed E-state index contributed by atoms with van der Waals surface area (Å²) in [5.41, 5.74) is 4.51. The highest BCUT2D eigenvalue weighted by molar-refractivity contribution is 5.32. The van der Waals surface area contributed by atoms with Gasteiger partial charge in [0.1, 0.15) is 0 Å². The number of hydrogen-bond donors (Lipinski definition) is 0. The quantitative estimate of drug-likeness (QED) is 0.650. The van der Waals surface area contributed by atoms with E-state index >= 15 is 0 Å². The molecule has 1 nitrogen and oxygen atoms in total. The first kappa shape index (κ1) is 17.2. The molecular weight excluding hydrogens is 242 g/mol. The summed E-state index contributed by atoms with van der Waals surface area (Å²) in [4.78, 5) is 2.62. The van der Waals surface area contributed by atoms with E-state index in [9.17, 15) is 0 Å². The molecule has 0 bridgehead atoms. The third-order valence-corrected chi connectivity index (χ3v) is 3.70. The smallest absolute Gasteiger partial charge is 0.0236 e. The van der Waals surface area contributed by atoms with E-state index in [-0.39, 0.29) is 0 Å². The third kappa shape index (κ3) is 5.66. The number of aryl methyl sites for hydroxylation is 2. The molecule has 1 aromatic rings. The molecule has 0 atom stereocenters. The topological polar surface area (TPSA) is 3.24 Å². The summed E-state index contributed by atoms with van der Waals surface area (Å²) in [6.07, 6.45) is 2.27. The van der Waals surface area contributed by atoms with Crippen LogP contribution in [-0.4, -0.2) is 18.0 Å². The fraction of sp³-hybridized carbons (Fsp3) is 0.684. The summed E-state index contributed by atoms with van der Waals surface area (Å²) in [5.74, 6) is 1.46. The van der Waals surface area contributed by atoms with E-state index in [1.165, 1.54) is 29.8 Å². The molecule has 0 aliphatic carbocycles. The predicted molar refractivity (Wildman–Crippen MR) is 90.2 cm³/mol. The zero-order chi connectivity index (χ0) is 15.1. The van der Waals surface area contributed by atoms with Gasteiger partial charge in [-0.2, -0.15) is 0 Å². The molecule has 0 aromatic heterocycles. The Morgan fingerprint density at radius 2 is 1.45 bits per heavy atom. The molecule has 0 fully saturated rings. The van der Waals surface area contributed by atoms with E-state index in [0.29, 0.717) is 0 Å². The Bertz CT molecular complexity index is 383. The number of hydrogen-bond acceptors (Lipinski definition) is 1. The molecule has 0 aliphatic rings. The lowest BCUT2D eigenvalue weighted by molar-refractivity contribution is 0.211. The first-order valence-corrected chi connectivity index (χ1v) is 8.29. The van der Waals surface area contributed by atoms with Gasteiger partial charge in [-0.05, 0) is 41.4 Å². The van der Waals surface area contributed by atoms with Crippen LogP contribution < -0.4 is 0 Å². The fourth-order valence-electron chi connectivity index (χ4n) is 2.86. The summed E-state index contributed by atoms with van der Waals surface area (Å²) in [7, 11) is 0. The van der Waals surface area contributed by atoms with Crippen molar-refractivity contribution in [3.05, 3.63) is 34.9 Å². The number of nitrogens with zero attached hydrogens (tertiary/aromatic N) is 1. The second-order valence-corrected chi connectivity index (χ2v) is 6.79. The molecule has 0 amide bonds. The van der Waals surface area contributed by atoms with Crippen LogP contribution in [0, 0.1) is 11.8 Å². The summed E-state index contributed by atoms with van der Waals surface area (Å²) >= 11 is 0. The molecule has 0 aliphatic heterocycles. The normalized spacial score (nSPS) is 11.8. The van der Waals surface area contributed by atoms with Crippen LogP contribution >= 0.6 is 0 Å². The maximum Gasteiger partial charge on any atom is 0.0236 e. The van der Waals surface area contributed by atoms with Crippen molar-refractivity contribution < 1.29 is 0 Å². The van der Waals surface area contributed by atoms with Crippen LogP contribution in [0.1, 0.15) is 58.2 Å². The highest BCUT2D eigenvalue weighted by Crippen LogP contribution is 2.17. The van der Waals surface area contributed by atoms with Crippen LogP contribution in [-0.2, 0) is 19.4 Å². The third-order valence-electron chi connectivity index (χ3n) is 3.70. The van der Waals surface area contributed by atoms with Crippen LogP contribution in [0.2, 0.25) is 0 Å². The highest BCUT2D eigenvalue weighted by atomic mass is 15.1. The summed E-state index contributed by atoms with van der Waals surface area (Å²) in [6.45, 7) is 17.2. The average molecular weight is 275 g/mol. The van der Waals surface area contributed by atoms with Gasteiger partial charge in [0.2, 0.25) is 0 Å². The lowest BCUT2D eigenvalue weighted by atomic mass is 9.99. The molecule has 0 unspecified atom stereocenters. The largest absolute Gasteiger partial charge is 0.299 e. The lowest BCUT2D eigenvalue weighted by Gasteiger charge is -2.27. The van der Waals surface area contributed by atoms with Crippen LogP contribution in [0.5, 0.6) is 0 Å². The van der Waals surface area contributed by atoms with E-state index in [1.54, 1.807) is 0 Å². The molecule has 0 heterocycles. The molecule has 1 aromatic carbocycles. The van der Waals surface area contributed by atoms with Gasteiger partial charge >= 0.3 is 0 Å². The van der Waals surface area contributed by atoms with Crippen LogP contribution in [0.4, 0.5) is 0 Å². The summed E-state index contributed by atoms with van der Waals surface area (Å²) in [5, 5.41) is 0. The average Bonchev–Trinajstić information content (AvgIpc) is 2.37.